The lowest BCUT2D eigenvalue weighted by Gasteiger charge is -2.07. The highest BCUT2D eigenvalue weighted by Crippen LogP contribution is 2.16. The standard InChI is InChI=1S/C8H13N3O/c1-5-6(2)10-8(12-4)11-7(5)9-3/h1-4H3,(H,9,10,11). The van der Waals surface area contributed by atoms with Gasteiger partial charge in [-0.3, -0.25) is 0 Å². The minimum atomic E-state index is 0.405. The highest BCUT2D eigenvalue weighted by Gasteiger charge is 2.05. The van der Waals surface area contributed by atoms with E-state index in [2.05, 4.69) is 15.3 Å². The fraction of sp³-hybridized carbons (Fsp3) is 0.500. The van der Waals surface area contributed by atoms with Crippen molar-refractivity contribution in [3.8, 4) is 6.01 Å². The van der Waals surface area contributed by atoms with Crippen LogP contribution in [0.25, 0.3) is 0 Å². The van der Waals surface area contributed by atoms with Gasteiger partial charge in [0.05, 0.1) is 7.11 Å². The molecule has 0 aliphatic carbocycles. The van der Waals surface area contributed by atoms with E-state index in [1.807, 2.05) is 20.9 Å². The molecule has 1 N–H and O–H groups in total. The Kier molecular flexibility index (Phi) is 2.47. The molecule has 1 rings (SSSR count). The summed E-state index contributed by atoms with van der Waals surface area (Å²) >= 11 is 0. The van der Waals surface area contributed by atoms with Crippen LogP contribution in [0.2, 0.25) is 0 Å². The number of methoxy groups -OCH3 is 1. The minimum Gasteiger partial charge on any atom is -0.467 e. The summed E-state index contributed by atoms with van der Waals surface area (Å²) in [6, 6.07) is 0.405. The molecule has 0 saturated heterocycles. The molecule has 4 nitrogen and oxygen atoms in total. The van der Waals surface area contributed by atoms with Crippen molar-refractivity contribution in [1.29, 1.82) is 0 Å². The predicted molar refractivity (Wildman–Crippen MR) is 47.6 cm³/mol. The zero-order chi connectivity index (χ0) is 9.14. The molecule has 1 heterocycles. The maximum Gasteiger partial charge on any atom is 0.318 e. The maximum atomic E-state index is 4.93. The van der Waals surface area contributed by atoms with Crippen LogP contribution in [-0.4, -0.2) is 24.1 Å². The molecule has 66 valence electrons. The highest BCUT2D eigenvalue weighted by molar-refractivity contribution is 5.45. The van der Waals surface area contributed by atoms with E-state index in [0.717, 1.165) is 17.1 Å². The molecule has 4 heteroatoms. The average Bonchev–Trinajstić information content (AvgIpc) is 2.09. The predicted octanol–water partition coefficient (Wildman–Crippen LogP) is 1.14. The van der Waals surface area contributed by atoms with Gasteiger partial charge in [-0.25, -0.2) is 4.98 Å². The molecule has 1 aromatic rings. The fourth-order valence-corrected chi connectivity index (χ4v) is 0.938. The third kappa shape index (κ3) is 1.47. The molecule has 0 unspecified atom stereocenters. The second-order valence-electron chi connectivity index (χ2n) is 2.52. The molecule has 1 aromatic heterocycles. The molecule has 12 heavy (non-hydrogen) atoms. The van der Waals surface area contributed by atoms with Gasteiger partial charge in [-0.2, -0.15) is 4.98 Å². The molecule has 0 aliphatic rings. The van der Waals surface area contributed by atoms with Crippen molar-refractivity contribution in [1.82, 2.24) is 9.97 Å². The van der Waals surface area contributed by atoms with Crippen molar-refractivity contribution in [2.45, 2.75) is 13.8 Å². The van der Waals surface area contributed by atoms with Gasteiger partial charge in [0.15, 0.2) is 0 Å². The molecular weight excluding hydrogens is 154 g/mol. The molecule has 0 fully saturated rings. The summed E-state index contributed by atoms with van der Waals surface area (Å²) in [5.74, 6) is 0.819. The van der Waals surface area contributed by atoms with E-state index >= 15 is 0 Å². The zero-order valence-corrected chi connectivity index (χ0v) is 7.80. The van der Waals surface area contributed by atoms with E-state index in [-0.39, 0.29) is 0 Å². The topological polar surface area (TPSA) is 47.0 Å². The van der Waals surface area contributed by atoms with Gasteiger partial charge in [0.25, 0.3) is 0 Å². The van der Waals surface area contributed by atoms with Crippen LogP contribution >= 0.6 is 0 Å². The Bertz CT molecular complexity index is 286. The third-order valence-electron chi connectivity index (χ3n) is 1.79. The van der Waals surface area contributed by atoms with Crippen molar-refractivity contribution in [2.75, 3.05) is 19.5 Å². The van der Waals surface area contributed by atoms with Crippen molar-refractivity contribution in [3.05, 3.63) is 11.3 Å². The Morgan fingerprint density at radius 1 is 1.25 bits per heavy atom. The molecule has 0 atom stereocenters. The van der Waals surface area contributed by atoms with Crippen molar-refractivity contribution >= 4 is 5.82 Å². The molecule has 0 aliphatic heterocycles. The first-order valence-electron chi connectivity index (χ1n) is 3.76. The molecule has 0 aromatic carbocycles. The Balaban J connectivity index is 3.19. The van der Waals surface area contributed by atoms with Gasteiger partial charge in [-0.05, 0) is 13.8 Å². The Hall–Kier alpha value is -1.32. The van der Waals surface area contributed by atoms with Crippen LogP contribution in [0.15, 0.2) is 0 Å². The maximum absolute atomic E-state index is 4.93. The van der Waals surface area contributed by atoms with Gasteiger partial charge in [0, 0.05) is 18.3 Å². The SMILES string of the molecule is CNc1nc(OC)nc(C)c1C. The number of aromatic nitrogens is 2. The smallest absolute Gasteiger partial charge is 0.318 e. The monoisotopic (exact) mass is 167 g/mol. The zero-order valence-electron chi connectivity index (χ0n) is 7.80. The number of anilines is 1. The van der Waals surface area contributed by atoms with E-state index in [1.54, 1.807) is 7.11 Å². The first kappa shape index (κ1) is 8.77. The molecule has 0 saturated carbocycles. The Morgan fingerprint density at radius 3 is 2.42 bits per heavy atom. The molecule has 0 bridgehead atoms. The average molecular weight is 167 g/mol. The van der Waals surface area contributed by atoms with E-state index < -0.39 is 0 Å². The van der Waals surface area contributed by atoms with E-state index in [1.165, 1.54) is 0 Å². The number of aryl methyl sites for hydroxylation is 1. The van der Waals surface area contributed by atoms with Crippen LogP contribution in [0.3, 0.4) is 0 Å². The van der Waals surface area contributed by atoms with Crippen molar-refractivity contribution in [3.63, 3.8) is 0 Å². The summed E-state index contributed by atoms with van der Waals surface area (Å²) in [6.45, 7) is 3.90. The van der Waals surface area contributed by atoms with Gasteiger partial charge in [-0.1, -0.05) is 0 Å². The second kappa shape index (κ2) is 3.38. The lowest BCUT2D eigenvalue weighted by Crippen LogP contribution is -2.02. The van der Waals surface area contributed by atoms with Gasteiger partial charge in [0.1, 0.15) is 5.82 Å². The summed E-state index contributed by atoms with van der Waals surface area (Å²) in [5, 5.41) is 2.98. The number of nitrogens with one attached hydrogen (secondary N) is 1. The van der Waals surface area contributed by atoms with Crippen LogP contribution in [0.1, 0.15) is 11.3 Å². The number of hydrogen-bond donors (Lipinski definition) is 1. The summed E-state index contributed by atoms with van der Waals surface area (Å²) in [6.07, 6.45) is 0. The summed E-state index contributed by atoms with van der Waals surface area (Å²) in [7, 11) is 3.39. The van der Waals surface area contributed by atoms with Gasteiger partial charge >= 0.3 is 6.01 Å². The first-order valence-corrected chi connectivity index (χ1v) is 3.76. The van der Waals surface area contributed by atoms with Gasteiger partial charge in [0.2, 0.25) is 0 Å². The van der Waals surface area contributed by atoms with E-state index in [9.17, 15) is 0 Å². The van der Waals surface area contributed by atoms with Crippen molar-refractivity contribution in [2.24, 2.45) is 0 Å². The second-order valence-corrected chi connectivity index (χ2v) is 2.52. The fourth-order valence-electron chi connectivity index (χ4n) is 0.938. The van der Waals surface area contributed by atoms with Crippen LogP contribution < -0.4 is 10.1 Å². The van der Waals surface area contributed by atoms with Crippen molar-refractivity contribution < 1.29 is 4.74 Å². The van der Waals surface area contributed by atoms with Crippen LogP contribution in [0, 0.1) is 13.8 Å². The number of ether oxygens (including phenoxy) is 1. The van der Waals surface area contributed by atoms with Gasteiger partial charge in [-0.15, -0.1) is 0 Å². The van der Waals surface area contributed by atoms with Crippen LogP contribution in [-0.2, 0) is 0 Å². The number of nitrogens with zero attached hydrogens (tertiary/aromatic N) is 2. The molecule has 0 amide bonds. The lowest BCUT2D eigenvalue weighted by atomic mass is 10.2. The van der Waals surface area contributed by atoms with E-state index in [4.69, 9.17) is 4.74 Å². The Morgan fingerprint density at radius 2 is 1.92 bits per heavy atom. The molecule has 0 spiro atoms. The van der Waals surface area contributed by atoms with Gasteiger partial charge < -0.3 is 10.1 Å². The third-order valence-corrected chi connectivity index (χ3v) is 1.79. The largest absolute Gasteiger partial charge is 0.467 e. The summed E-state index contributed by atoms with van der Waals surface area (Å²) < 4.78 is 4.93. The number of hydrogen-bond acceptors (Lipinski definition) is 4. The highest BCUT2D eigenvalue weighted by atomic mass is 16.5. The number of rotatable bonds is 2. The van der Waals surface area contributed by atoms with Crippen LogP contribution in [0.5, 0.6) is 6.01 Å². The Labute approximate surface area is 72.0 Å². The van der Waals surface area contributed by atoms with E-state index in [0.29, 0.717) is 6.01 Å². The van der Waals surface area contributed by atoms with Crippen LogP contribution in [0.4, 0.5) is 5.82 Å². The normalized spacial score (nSPS) is 9.67. The minimum absolute atomic E-state index is 0.405. The first-order chi connectivity index (χ1) is 5.69. The summed E-state index contributed by atoms with van der Waals surface area (Å²) in [5.41, 5.74) is 1.99. The molecular formula is C8H13N3O. The quantitative estimate of drug-likeness (QED) is 0.717. The molecule has 0 radical (unpaired) electrons. The lowest BCUT2D eigenvalue weighted by molar-refractivity contribution is 0.379. The summed E-state index contributed by atoms with van der Waals surface area (Å²) in [4.78, 5) is 8.25.